The molecule has 0 spiro atoms. The zero-order valence-corrected chi connectivity index (χ0v) is 14.1. The first kappa shape index (κ1) is 18.1. The Hall–Kier alpha value is -2.20. The SMILES string of the molecule is CS(=O)(=O)c1ncc(-c2cn(CCCCC(C=O)CO)nn2)cn1. The Morgan fingerprint density at radius 3 is 2.58 bits per heavy atom. The summed E-state index contributed by atoms with van der Waals surface area (Å²) in [5.74, 6) is -0.304. The Labute approximate surface area is 139 Å². The molecular weight excluding hydrogens is 334 g/mol. The number of rotatable bonds is 9. The molecule has 2 rings (SSSR count). The molecule has 0 fully saturated rings. The van der Waals surface area contributed by atoms with Gasteiger partial charge in [0.05, 0.1) is 12.8 Å². The van der Waals surface area contributed by atoms with E-state index >= 15 is 0 Å². The van der Waals surface area contributed by atoms with E-state index in [-0.39, 0.29) is 17.7 Å². The normalized spacial score (nSPS) is 12.9. The maximum atomic E-state index is 11.3. The highest BCUT2D eigenvalue weighted by Crippen LogP contribution is 2.15. The molecule has 1 N–H and O–H groups in total. The van der Waals surface area contributed by atoms with Gasteiger partial charge in [-0.1, -0.05) is 11.6 Å². The highest BCUT2D eigenvalue weighted by Gasteiger charge is 2.12. The zero-order valence-electron chi connectivity index (χ0n) is 13.2. The summed E-state index contributed by atoms with van der Waals surface area (Å²) in [5, 5.41) is 16.7. The van der Waals surface area contributed by atoms with Crippen LogP contribution >= 0.6 is 0 Å². The van der Waals surface area contributed by atoms with E-state index in [0.717, 1.165) is 25.4 Å². The molecule has 0 radical (unpaired) electrons. The third-order valence-corrected chi connectivity index (χ3v) is 4.31. The molecule has 1 unspecified atom stereocenters. The minimum atomic E-state index is -3.43. The molecule has 24 heavy (non-hydrogen) atoms. The summed E-state index contributed by atoms with van der Waals surface area (Å²) in [6.07, 6.45) is 8.58. The Morgan fingerprint density at radius 2 is 2.00 bits per heavy atom. The Balaban J connectivity index is 1.92. The molecule has 9 nitrogen and oxygen atoms in total. The van der Waals surface area contributed by atoms with Gasteiger partial charge in [-0.05, 0) is 12.8 Å². The van der Waals surface area contributed by atoms with Crippen LogP contribution in [0.4, 0.5) is 0 Å². The summed E-state index contributed by atoms with van der Waals surface area (Å²) in [4.78, 5) is 18.2. The van der Waals surface area contributed by atoms with Crippen LogP contribution in [-0.2, 0) is 21.2 Å². The molecular formula is C14H19N5O4S. The quantitative estimate of drug-likeness (QED) is 0.382. The van der Waals surface area contributed by atoms with E-state index in [4.69, 9.17) is 5.11 Å². The molecule has 2 aromatic rings. The first-order chi connectivity index (χ1) is 11.4. The van der Waals surface area contributed by atoms with Crippen LogP contribution in [0.25, 0.3) is 11.3 Å². The molecule has 0 amide bonds. The highest BCUT2D eigenvalue weighted by molar-refractivity contribution is 7.90. The molecule has 0 aliphatic carbocycles. The van der Waals surface area contributed by atoms with Gasteiger partial charge in [0.25, 0.3) is 0 Å². The van der Waals surface area contributed by atoms with Crippen LogP contribution in [-0.4, -0.2) is 57.6 Å². The minimum absolute atomic E-state index is 0.125. The summed E-state index contributed by atoms with van der Waals surface area (Å²) < 4.78 is 24.3. The van der Waals surface area contributed by atoms with Crippen LogP contribution in [0.3, 0.4) is 0 Å². The molecule has 10 heteroatoms. The van der Waals surface area contributed by atoms with E-state index in [1.807, 2.05) is 0 Å². The van der Waals surface area contributed by atoms with Crippen LogP contribution in [0.2, 0.25) is 0 Å². The summed E-state index contributed by atoms with van der Waals surface area (Å²) in [5.41, 5.74) is 1.13. The van der Waals surface area contributed by atoms with Crippen LogP contribution in [0, 0.1) is 5.92 Å². The molecule has 0 saturated heterocycles. The second-order valence-corrected chi connectivity index (χ2v) is 7.38. The van der Waals surface area contributed by atoms with Crippen LogP contribution in [0.5, 0.6) is 0 Å². The molecule has 0 aliphatic heterocycles. The number of aromatic nitrogens is 5. The van der Waals surface area contributed by atoms with E-state index < -0.39 is 9.84 Å². The zero-order chi connectivity index (χ0) is 17.6. The van der Waals surface area contributed by atoms with E-state index in [1.54, 1.807) is 10.9 Å². The van der Waals surface area contributed by atoms with Crippen molar-refractivity contribution >= 4 is 16.1 Å². The maximum Gasteiger partial charge on any atom is 0.246 e. The summed E-state index contributed by atoms with van der Waals surface area (Å²) in [7, 11) is -3.43. The Kier molecular flexibility index (Phi) is 6.10. The predicted octanol–water partition coefficient (Wildman–Crippen LogP) is 0.116. The number of hydrogen-bond donors (Lipinski definition) is 1. The van der Waals surface area contributed by atoms with Gasteiger partial charge in [-0.2, -0.15) is 0 Å². The second-order valence-electron chi connectivity index (χ2n) is 5.47. The highest BCUT2D eigenvalue weighted by atomic mass is 32.2. The standard InChI is InChI=1S/C14H19N5O4S/c1-24(22,23)14-15-6-12(7-16-14)13-8-19(18-17-13)5-3-2-4-11(9-20)10-21/h6-9,11,21H,2-5,10H2,1H3. The van der Waals surface area contributed by atoms with Crippen LogP contribution in [0.15, 0.2) is 23.7 Å². The third-order valence-electron chi connectivity index (χ3n) is 3.43. The Morgan fingerprint density at radius 1 is 1.29 bits per heavy atom. The van der Waals surface area contributed by atoms with Crippen molar-refractivity contribution in [3.8, 4) is 11.3 Å². The third kappa shape index (κ3) is 4.90. The number of aldehydes is 1. The average molecular weight is 353 g/mol. The van der Waals surface area contributed by atoms with E-state index in [1.165, 1.54) is 12.4 Å². The first-order valence-corrected chi connectivity index (χ1v) is 9.32. The van der Waals surface area contributed by atoms with Gasteiger partial charge in [0.2, 0.25) is 15.0 Å². The number of aliphatic hydroxyl groups is 1. The summed E-state index contributed by atoms with van der Waals surface area (Å²) in [6.45, 7) is 0.507. The lowest BCUT2D eigenvalue weighted by atomic mass is 10.0. The van der Waals surface area contributed by atoms with Gasteiger partial charge in [-0.15, -0.1) is 5.10 Å². The van der Waals surface area contributed by atoms with Gasteiger partial charge in [0, 0.05) is 36.7 Å². The minimum Gasteiger partial charge on any atom is -0.396 e. The lowest BCUT2D eigenvalue weighted by Crippen LogP contribution is -2.08. The molecule has 0 bridgehead atoms. The largest absolute Gasteiger partial charge is 0.396 e. The first-order valence-electron chi connectivity index (χ1n) is 7.43. The van der Waals surface area contributed by atoms with Gasteiger partial charge in [0.1, 0.15) is 12.0 Å². The molecule has 0 saturated carbocycles. The topological polar surface area (TPSA) is 128 Å². The predicted molar refractivity (Wildman–Crippen MR) is 84.6 cm³/mol. The van der Waals surface area contributed by atoms with Gasteiger partial charge in [-0.3, -0.25) is 4.68 Å². The number of sulfone groups is 1. The van der Waals surface area contributed by atoms with E-state index in [0.29, 0.717) is 24.2 Å². The number of aliphatic hydroxyl groups excluding tert-OH is 1. The molecule has 2 aromatic heterocycles. The van der Waals surface area contributed by atoms with Gasteiger partial charge >= 0.3 is 0 Å². The second kappa shape index (κ2) is 8.06. The maximum absolute atomic E-state index is 11.3. The van der Waals surface area contributed by atoms with Crippen molar-refractivity contribution in [1.29, 1.82) is 0 Å². The molecule has 1 atom stereocenters. The van der Waals surface area contributed by atoms with E-state index in [9.17, 15) is 13.2 Å². The fourth-order valence-electron chi connectivity index (χ4n) is 2.06. The Bertz CT molecular complexity index is 773. The van der Waals surface area contributed by atoms with Gasteiger partial charge in [0.15, 0.2) is 0 Å². The molecule has 2 heterocycles. The fraction of sp³-hybridized carbons (Fsp3) is 0.500. The molecule has 0 aromatic carbocycles. The van der Waals surface area contributed by atoms with Crippen molar-refractivity contribution < 1.29 is 18.3 Å². The van der Waals surface area contributed by atoms with Crippen molar-refractivity contribution in [2.45, 2.75) is 31.0 Å². The lowest BCUT2D eigenvalue weighted by molar-refractivity contribution is -0.112. The smallest absolute Gasteiger partial charge is 0.246 e. The van der Waals surface area contributed by atoms with Crippen molar-refractivity contribution in [2.75, 3.05) is 12.9 Å². The average Bonchev–Trinajstić information content (AvgIpc) is 3.03. The summed E-state index contributed by atoms with van der Waals surface area (Å²) >= 11 is 0. The molecule has 130 valence electrons. The fourth-order valence-corrected chi connectivity index (χ4v) is 2.55. The van der Waals surface area contributed by atoms with E-state index in [2.05, 4.69) is 20.3 Å². The van der Waals surface area contributed by atoms with Crippen molar-refractivity contribution in [2.24, 2.45) is 5.92 Å². The number of carbonyl (C=O) groups is 1. The number of nitrogens with zero attached hydrogens (tertiary/aromatic N) is 5. The number of aryl methyl sites for hydroxylation is 1. The number of hydrogen-bond acceptors (Lipinski definition) is 8. The monoisotopic (exact) mass is 353 g/mol. The summed E-state index contributed by atoms with van der Waals surface area (Å²) in [6, 6.07) is 0. The lowest BCUT2D eigenvalue weighted by Gasteiger charge is -2.05. The van der Waals surface area contributed by atoms with Crippen LogP contribution in [0.1, 0.15) is 19.3 Å². The van der Waals surface area contributed by atoms with Crippen molar-refractivity contribution in [1.82, 2.24) is 25.0 Å². The van der Waals surface area contributed by atoms with Crippen molar-refractivity contribution in [3.05, 3.63) is 18.6 Å². The molecule has 0 aliphatic rings. The van der Waals surface area contributed by atoms with Gasteiger partial charge < -0.3 is 9.90 Å². The number of carbonyl (C=O) groups excluding carboxylic acids is 1. The number of unbranched alkanes of at least 4 members (excludes halogenated alkanes) is 1. The van der Waals surface area contributed by atoms with Crippen LogP contribution < -0.4 is 0 Å². The van der Waals surface area contributed by atoms with Gasteiger partial charge in [-0.25, -0.2) is 18.4 Å². The van der Waals surface area contributed by atoms with Crippen molar-refractivity contribution in [3.63, 3.8) is 0 Å².